The molecule has 5 heteroatoms. The fourth-order valence-corrected chi connectivity index (χ4v) is 2.42. The summed E-state index contributed by atoms with van der Waals surface area (Å²) in [7, 11) is 1.82. The number of anilines is 1. The standard InChI is InChI=1S/C13H17N3OS/c1-8-7-9(3-4-10(8)12(14)18)15-11-5-6-16(2)13(11)17/h3-4,7,11,15H,5-6H2,1-2H3,(H2,14,18). The van der Waals surface area contributed by atoms with E-state index in [0.29, 0.717) is 4.99 Å². The number of nitrogens with one attached hydrogen (secondary N) is 1. The van der Waals surface area contributed by atoms with Crippen LogP contribution in [0.2, 0.25) is 0 Å². The molecule has 0 spiro atoms. The molecule has 96 valence electrons. The van der Waals surface area contributed by atoms with E-state index in [1.54, 1.807) is 4.90 Å². The third-order valence-corrected chi connectivity index (χ3v) is 3.48. The van der Waals surface area contributed by atoms with Gasteiger partial charge < -0.3 is 16.0 Å². The number of thiocarbonyl (C=S) groups is 1. The zero-order chi connectivity index (χ0) is 13.3. The van der Waals surface area contributed by atoms with Crippen molar-refractivity contribution in [3.8, 4) is 0 Å². The number of carbonyl (C=O) groups is 1. The number of likely N-dealkylation sites (N-methyl/N-ethyl adjacent to an activating group) is 1. The van der Waals surface area contributed by atoms with Crippen LogP contribution in [0.3, 0.4) is 0 Å². The highest BCUT2D eigenvalue weighted by Gasteiger charge is 2.28. The van der Waals surface area contributed by atoms with Gasteiger partial charge in [0.15, 0.2) is 0 Å². The molecule has 0 aliphatic carbocycles. The molecule has 1 aliphatic rings. The van der Waals surface area contributed by atoms with Gasteiger partial charge in [-0.1, -0.05) is 12.2 Å². The Hall–Kier alpha value is -1.62. The summed E-state index contributed by atoms with van der Waals surface area (Å²) in [6.45, 7) is 2.77. The summed E-state index contributed by atoms with van der Waals surface area (Å²) in [5, 5.41) is 3.25. The van der Waals surface area contributed by atoms with Gasteiger partial charge in [-0.15, -0.1) is 0 Å². The summed E-state index contributed by atoms with van der Waals surface area (Å²) in [5.41, 5.74) is 8.45. The van der Waals surface area contributed by atoms with Crippen molar-refractivity contribution in [1.29, 1.82) is 0 Å². The van der Waals surface area contributed by atoms with Crippen LogP contribution in [0, 0.1) is 6.92 Å². The molecule has 1 atom stereocenters. The summed E-state index contributed by atoms with van der Waals surface area (Å²) in [6.07, 6.45) is 0.839. The van der Waals surface area contributed by atoms with Crippen LogP contribution in [-0.4, -0.2) is 35.4 Å². The number of nitrogens with zero attached hydrogens (tertiary/aromatic N) is 1. The second-order valence-electron chi connectivity index (χ2n) is 4.64. The van der Waals surface area contributed by atoms with E-state index in [1.165, 1.54) is 0 Å². The minimum Gasteiger partial charge on any atom is -0.389 e. The molecule has 3 N–H and O–H groups in total. The maximum atomic E-state index is 11.8. The Balaban J connectivity index is 2.14. The lowest BCUT2D eigenvalue weighted by Crippen LogP contribution is -2.30. The Morgan fingerprint density at radius 2 is 2.28 bits per heavy atom. The van der Waals surface area contributed by atoms with E-state index in [1.807, 2.05) is 32.2 Å². The Kier molecular flexibility index (Phi) is 3.52. The van der Waals surface area contributed by atoms with Crippen molar-refractivity contribution >= 4 is 28.8 Å². The first-order valence-corrected chi connectivity index (χ1v) is 6.32. The SMILES string of the molecule is Cc1cc(NC2CCN(C)C2=O)ccc1C(N)=S. The van der Waals surface area contributed by atoms with Gasteiger partial charge in [-0.3, -0.25) is 4.79 Å². The van der Waals surface area contributed by atoms with Gasteiger partial charge in [-0.05, 0) is 37.1 Å². The summed E-state index contributed by atoms with van der Waals surface area (Å²) in [5.74, 6) is 0.145. The largest absolute Gasteiger partial charge is 0.389 e. The molecule has 1 saturated heterocycles. The molecule has 1 amide bonds. The summed E-state index contributed by atoms with van der Waals surface area (Å²) < 4.78 is 0. The van der Waals surface area contributed by atoms with Crippen LogP contribution in [0.1, 0.15) is 17.5 Å². The number of hydrogen-bond donors (Lipinski definition) is 2. The molecule has 1 aromatic rings. The van der Waals surface area contributed by atoms with Gasteiger partial charge in [0.2, 0.25) is 5.91 Å². The number of amides is 1. The van der Waals surface area contributed by atoms with Gasteiger partial charge in [0, 0.05) is 24.8 Å². The first kappa shape index (κ1) is 12.8. The predicted molar refractivity (Wildman–Crippen MR) is 76.7 cm³/mol. The first-order valence-electron chi connectivity index (χ1n) is 5.91. The van der Waals surface area contributed by atoms with Crippen LogP contribution in [0.25, 0.3) is 0 Å². The minimum atomic E-state index is -0.120. The van der Waals surface area contributed by atoms with Crippen molar-refractivity contribution in [3.05, 3.63) is 29.3 Å². The molecular weight excluding hydrogens is 246 g/mol. The molecule has 2 rings (SSSR count). The van der Waals surface area contributed by atoms with Crippen LogP contribution in [0.15, 0.2) is 18.2 Å². The zero-order valence-corrected chi connectivity index (χ0v) is 11.4. The molecule has 0 saturated carbocycles. The molecule has 4 nitrogen and oxygen atoms in total. The van der Waals surface area contributed by atoms with Crippen molar-refractivity contribution in [1.82, 2.24) is 4.90 Å². The smallest absolute Gasteiger partial charge is 0.244 e. The number of carbonyl (C=O) groups excluding carboxylic acids is 1. The average molecular weight is 263 g/mol. The molecule has 1 aromatic carbocycles. The number of benzene rings is 1. The van der Waals surface area contributed by atoms with E-state index >= 15 is 0 Å². The molecule has 0 bridgehead atoms. The molecule has 1 heterocycles. The van der Waals surface area contributed by atoms with Crippen LogP contribution >= 0.6 is 12.2 Å². The van der Waals surface area contributed by atoms with E-state index in [0.717, 1.165) is 29.8 Å². The highest BCUT2D eigenvalue weighted by molar-refractivity contribution is 7.80. The Morgan fingerprint density at radius 3 is 2.78 bits per heavy atom. The van der Waals surface area contributed by atoms with Gasteiger partial charge >= 0.3 is 0 Å². The quantitative estimate of drug-likeness (QED) is 0.806. The van der Waals surface area contributed by atoms with Gasteiger partial charge in [0.25, 0.3) is 0 Å². The van der Waals surface area contributed by atoms with Gasteiger partial charge in [0.1, 0.15) is 11.0 Å². The van der Waals surface area contributed by atoms with E-state index in [-0.39, 0.29) is 11.9 Å². The fourth-order valence-electron chi connectivity index (χ4n) is 2.19. The van der Waals surface area contributed by atoms with Crippen LogP contribution in [0.4, 0.5) is 5.69 Å². The molecule has 1 unspecified atom stereocenters. The number of likely N-dealkylation sites (tertiary alicyclic amines) is 1. The van der Waals surface area contributed by atoms with Crippen molar-refractivity contribution in [2.75, 3.05) is 18.9 Å². The van der Waals surface area contributed by atoms with E-state index in [2.05, 4.69) is 5.32 Å². The summed E-state index contributed by atoms with van der Waals surface area (Å²) in [4.78, 5) is 13.9. The molecule has 0 aromatic heterocycles. The lowest BCUT2D eigenvalue weighted by atomic mass is 10.1. The maximum Gasteiger partial charge on any atom is 0.244 e. The highest BCUT2D eigenvalue weighted by Crippen LogP contribution is 2.19. The number of rotatable bonds is 3. The van der Waals surface area contributed by atoms with E-state index in [4.69, 9.17) is 18.0 Å². The average Bonchev–Trinajstić information content (AvgIpc) is 2.61. The molecule has 18 heavy (non-hydrogen) atoms. The lowest BCUT2D eigenvalue weighted by Gasteiger charge is -2.15. The van der Waals surface area contributed by atoms with Gasteiger partial charge in [-0.25, -0.2) is 0 Å². The minimum absolute atomic E-state index is 0.120. The Morgan fingerprint density at radius 1 is 1.56 bits per heavy atom. The van der Waals surface area contributed by atoms with Crippen molar-refractivity contribution in [3.63, 3.8) is 0 Å². The van der Waals surface area contributed by atoms with Crippen molar-refractivity contribution < 1.29 is 4.79 Å². The third-order valence-electron chi connectivity index (χ3n) is 3.26. The highest BCUT2D eigenvalue weighted by atomic mass is 32.1. The maximum absolute atomic E-state index is 11.8. The summed E-state index contributed by atoms with van der Waals surface area (Å²) >= 11 is 4.97. The molecular formula is C13H17N3OS. The second-order valence-corrected chi connectivity index (χ2v) is 5.08. The lowest BCUT2D eigenvalue weighted by molar-refractivity contribution is -0.127. The van der Waals surface area contributed by atoms with Crippen LogP contribution in [0.5, 0.6) is 0 Å². The van der Waals surface area contributed by atoms with E-state index in [9.17, 15) is 4.79 Å². The molecule has 0 radical (unpaired) electrons. The van der Waals surface area contributed by atoms with Crippen molar-refractivity contribution in [2.45, 2.75) is 19.4 Å². The molecule has 1 fully saturated rings. The topological polar surface area (TPSA) is 58.4 Å². The van der Waals surface area contributed by atoms with Crippen LogP contribution in [-0.2, 0) is 4.79 Å². The Bertz CT molecular complexity index is 501. The van der Waals surface area contributed by atoms with Crippen LogP contribution < -0.4 is 11.1 Å². The third kappa shape index (κ3) is 2.46. The Labute approximate surface area is 112 Å². The monoisotopic (exact) mass is 263 g/mol. The first-order chi connectivity index (χ1) is 8.49. The van der Waals surface area contributed by atoms with E-state index < -0.39 is 0 Å². The number of aryl methyl sites for hydroxylation is 1. The predicted octanol–water partition coefficient (Wildman–Crippen LogP) is 1.27. The zero-order valence-electron chi connectivity index (χ0n) is 10.6. The number of hydrogen-bond acceptors (Lipinski definition) is 3. The molecule has 1 aliphatic heterocycles. The normalized spacial score (nSPS) is 19.1. The van der Waals surface area contributed by atoms with Crippen molar-refractivity contribution in [2.24, 2.45) is 5.73 Å². The summed E-state index contributed by atoms with van der Waals surface area (Å²) in [6, 6.07) is 5.65. The number of nitrogens with two attached hydrogens (primary N) is 1. The van der Waals surface area contributed by atoms with Gasteiger partial charge in [0.05, 0.1) is 0 Å². The van der Waals surface area contributed by atoms with Gasteiger partial charge in [-0.2, -0.15) is 0 Å². The second kappa shape index (κ2) is 4.94. The fraction of sp³-hybridized carbons (Fsp3) is 0.385.